The average Bonchev–Trinajstić information content (AvgIpc) is 2.34. The highest BCUT2D eigenvalue weighted by Gasteiger charge is 2.29. The van der Waals surface area contributed by atoms with Crippen molar-refractivity contribution in [2.45, 2.75) is 37.6 Å². The summed E-state index contributed by atoms with van der Waals surface area (Å²) in [7, 11) is -3.93. The Balaban J connectivity index is 3.22. The van der Waals surface area contributed by atoms with Crippen molar-refractivity contribution < 1.29 is 17.9 Å². The number of anilines is 1. The smallest absolute Gasteiger partial charge is 0.241 e. The topological polar surface area (TPSA) is 92.4 Å². The molecule has 0 bridgehead atoms. The molecule has 0 saturated heterocycles. The van der Waals surface area contributed by atoms with E-state index >= 15 is 0 Å². The van der Waals surface area contributed by atoms with Crippen molar-refractivity contribution in [2.75, 3.05) is 12.3 Å². The van der Waals surface area contributed by atoms with E-state index in [-0.39, 0.29) is 22.8 Å². The molecule has 1 unspecified atom stereocenters. The maximum atomic E-state index is 13.5. The predicted octanol–water partition coefficient (Wildman–Crippen LogP) is 1.16. The fourth-order valence-corrected chi connectivity index (χ4v) is 2.95. The Labute approximate surface area is 112 Å². The van der Waals surface area contributed by atoms with Crippen molar-refractivity contribution in [1.82, 2.24) is 4.72 Å². The van der Waals surface area contributed by atoms with Gasteiger partial charge in [0.1, 0.15) is 5.82 Å². The highest BCUT2D eigenvalue weighted by atomic mass is 32.2. The largest absolute Gasteiger partial charge is 0.398 e. The van der Waals surface area contributed by atoms with E-state index < -0.39 is 21.4 Å². The van der Waals surface area contributed by atoms with Crippen molar-refractivity contribution in [3.05, 3.63) is 23.5 Å². The molecular weight excluding hydrogens is 271 g/mol. The average molecular weight is 290 g/mol. The summed E-state index contributed by atoms with van der Waals surface area (Å²) < 4.78 is 40.2. The molecule has 0 aliphatic heterocycles. The van der Waals surface area contributed by atoms with Crippen LogP contribution in [0.2, 0.25) is 0 Å². The zero-order valence-corrected chi connectivity index (χ0v) is 12.0. The highest BCUT2D eigenvalue weighted by Crippen LogP contribution is 2.22. The Bertz CT molecular complexity index is 545. The molecule has 5 nitrogen and oxygen atoms in total. The van der Waals surface area contributed by atoms with Crippen molar-refractivity contribution in [1.29, 1.82) is 0 Å². The van der Waals surface area contributed by atoms with Gasteiger partial charge in [0.2, 0.25) is 10.0 Å². The first-order valence-corrected chi connectivity index (χ1v) is 7.34. The van der Waals surface area contributed by atoms with E-state index in [2.05, 4.69) is 4.72 Å². The standard InChI is InChI=1S/C12H19FN2O3S/c1-4-12(3,7-16)15-19(17,18)9-5-10(13)8(2)11(14)6-9/h5-6,15-16H,4,7,14H2,1-3H3. The summed E-state index contributed by atoms with van der Waals surface area (Å²) in [6.45, 7) is 4.42. The lowest BCUT2D eigenvalue weighted by Crippen LogP contribution is -2.48. The van der Waals surface area contributed by atoms with Gasteiger partial charge in [0.15, 0.2) is 0 Å². The van der Waals surface area contributed by atoms with E-state index in [4.69, 9.17) is 5.73 Å². The van der Waals surface area contributed by atoms with Crippen LogP contribution in [-0.2, 0) is 10.0 Å². The van der Waals surface area contributed by atoms with Crippen LogP contribution in [0, 0.1) is 12.7 Å². The molecule has 1 rings (SSSR count). The molecule has 0 amide bonds. The van der Waals surface area contributed by atoms with Gasteiger partial charge in [0, 0.05) is 11.3 Å². The second-order valence-corrected chi connectivity index (χ2v) is 6.48. The van der Waals surface area contributed by atoms with Crippen LogP contribution in [0.1, 0.15) is 25.8 Å². The zero-order valence-electron chi connectivity index (χ0n) is 11.2. The number of nitrogens with two attached hydrogens (primary N) is 1. The molecule has 0 fully saturated rings. The van der Waals surface area contributed by atoms with Crippen molar-refractivity contribution in [2.24, 2.45) is 0 Å². The van der Waals surface area contributed by atoms with Crippen LogP contribution in [0.15, 0.2) is 17.0 Å². The lowest BCUT2D eigenvalue weighted by Gasteiger charge is -2.26. The second-order valence-electron chi connectivity index (χ2n) is 4.80. The van der Waals surface area contributed by atoms with E-state index in [0.717, 1.165) is 6.07 Å². The predicted molar refractivity (Wildman–Crippen MR) is 71.7 cm³/mol. The SMILES string of the molecule is CCC(C)(CO)NS(=O)(=O)c1cc(N)c(C)c(F)c1. The van der Waals surface area contributed by atoms with Gasteiger partial charge >= 0.3 is 0 Å². The van der Waals surface area contributed by atoms with Gasteiger partial charge in [-0.3, -0.25) is 0 Å². The first-order chi connectivity index (χ1) is 8.65. The number of rotatable bonds is 5. The normalized spacial score (nSPS) is 15.2. The Morgan fingerprint density at radius 2 is 2.05 bits per heavy atom. The lowest BCUT2D eigenvalue weighted by atomic mass is 10.0. The summed E-state index contributed by atoms with van der Waals surface area (Å²) in [5.41, 5.74) is 4.85. The van der Waals surface area contributed by atoms with E-state index in [1.54, 1.807) is 13.8 Å². The van der Waals surface area contributed by atoms with Crippen LogP contribution in [0.25, 0.3) is 0 Å². The Morgan fingerprint density at radius 1 is 1.47 bits per heavy atom. The minimum absolute atomic E-state index is 0.0718. The Hall–Kier alpha value is -1.18. The number of aliphatic hydroxyl groups excluding tert-OH is 1. The van der Waals surface area contributed by atoms with Crippen molar-refractivity contribution >= 4 is 15.7 Å². The van der Waals surface area contributed by atoms with Gasteiger partial charge in [-0.1, -0.05) is 6.92 Å². The number of aliphatic hydroxyl groups is 1. The van der Waals surface area contributed by atoms with Crippen LogP contribution in [0.3, 0.4) is 0 Å². The fourth-order valence-electron chi connectivity index (χ4n) is 1.43. The molecule has 4 N–H and O–H groups in total. The molecule has 1 atom stereocenters. The number of hydrogen-bond donors (Lipinski definition) is 3. The molecule has 0 aliphatic rings. The van der Waals surface area contributed by atoms with Gasteiger partial charge < -0.3 is 10.8 Å². The number of nitrogen functional groups attached to an aromatic ring is 1. The maximum Gasteiger partial charge on any atom is 0.241 e. The van der Waals surface area contributed by atoms with Crippen LogP contribution < -0.4 is 10.5 Å². The van der Waals surface area contributed by atoms with Gasteiger partial charge in [0.05, 0.1) is 17.0 Å². The molecule has 0 radical (unpaired) electrons. The molecule has 0 aliphatic carbocycles. The summed E-state index contributed by atoms with van der Waals surface area (Å²) in [5.74, 6) is -0.678. The molecule has 7 heteroatoms. The number of halogens is 1. The quantitative estimate of drug-likeness (QED) is 0.709. The molecular formula is C12H19FN2O3S. The number of sulfonamides is 1. The van der Waals surface area contributed by atoms with Crippen LogP contribution >= 0.6 is 0 Å². The third-order valence-electron chi connectivity index (χ3n) is 3.18. The molecule has 0 saturated carbocycles. The summed E-state index contributed by atoms with van der Waals surface area (Å²) >= 11 is 0. The molecule has 0 heterocycles. The molecule has 108 valence electrons. The molecule has 0 spiro atoms. The summed E-state index contributed by atoms with van der Waals surface area (Å²) in [4.78, 5) is -0.249. The highest BCUT2D eigenvalue weighted by molar-refractivity contribution is 7.89. The summed E-state index contributed by atoms with van der Waals surface area (Å²) in [5, 5.41) is 9.22. The third kappa shape index (κ3) is 3.43. The molecule has 1 aromatic carbocycles. The van der Waals surface area contributed by atoms with Crippen LogP contribution in [0.5, 0.6) is 0 Å². The van der Waals surface area contributed by atoms with E-state index in [1.165, 1.54) is 13.0 Å². The minimum Gasteiger partial charge on any atom is -0.398 e. The van der Waals surface area contributed by atoms with E-state index in [0.29, 0.717) is 6.42 Å². The van der Waals surface area contributed by atoms with Crippen LogP contribution in [0.4, 0.5) is 10.1 Å². The van der Waals surface area contributed by atoms with E-state index in [9.17, 15) is 17.9 Å². The Morgan fingerprint density at radius 3 is 2.47 bits per heavy atom. The molecule has 1 aromatic rings. The zero-order chi connectivity index (χ0) is 14.8. The van der Waals surface area contributed by atoms with Gasteiger partial charge in [0.25, 0.3) is 0 Å². The van der Waals surface area contributed by atoms with Gasteiger partial charge in [-0.25, -0.2) is 17.5 Å². The van der Waals surface area contributed by atoms with Crippen molar-refractivity contribution in [3.8, 4) is 0 Å². The number of hydrogen-bond acceptors (Lipinski definition) is 4. The fraction of sp³-hybridized carbons (Fsp3) is 0.500. The number of nitrogens with one attached hydrogen (secondary N) is 1. The number of benzene rings is 1. The second kappa shape index (κ2) is 5.44. The summed E-state index contributed by atoms with van der Waals surface area (Å²) in [6, 6.07) is 2.12. The first kappa shape index (κ1) is 15.9. The lowest BCUT2D eigenvalue weighted by molar-refractivity contribution is 0.191. The van der Waals surface area contributed by atoms with Crippen molar-refractivity contribution in [3.63, 3.8) is 0 Å². The monoisotopic (exact) mass is 290 g/mol. The summed E-state index contributed by atoms with van der Waals surface area (Å²) in [6.07, 6.45) is 0.395. The van der Waals surface area contributed by atoms with Gasteiger partial charge in [-0.2, -0.15) is 0 Å². The maximum absolute atomic E-state index is 13.5. The third-order valence-corrected chi connectivity index (χ3v) is 4.80. The first-order valence-electron chi connectivity index (χ1n) is 5.85. The van der Waals surface area contributed by atoms with Gasteiger partial charge in [-0.15, -0.1) is 0 Å². The molecule has 0 aromatic heterocycles. The van der Waals surface area contributed by atoms with E-state index in [1.807, 2.05) is 0 Å². The minimum atomic E-state index is -3.93. The molecule has 19 heavy (non-hydrogen) atoms. The Kier molecular flexibility index (Phi) is 4.54. The van der Waals surface area contributed by atoms with Gasteiger partial charge in [-0.05, 0) is 32.4 Å². The van der Waals surface area contributed by atoms with Crippen LogP contribution in [-0.4, -0.2) is 25.7 Å².